The molecule has 2 saturated heterocycles. The number of nitrogens with zero attached hydrogens (tertiary/aromatic N) is 2. The summed E-state index contributed by atoms with van der Waals surface area (Å²) < 4.78 is 10.6. The van der Waals surface area contributed by atoms with Gasteiger partial charge in [0.05, 0.1) is 18.3 Å². The van der Waals surface area contributed by atoms with E-state index in [2.05, 4.69) is 27.3 Å². The molecule has 138 valence electrons. The summed E-state index contributed by atoms with van der Waals surface area (Å²) in [4.78, 5) is 19.0. The highest BCUT2D eigenvalue weighted by Gasteiger charge is 2.44. The van der Waals surface area contributed by atoms with Crippen molar-refractivity contribution in [3.05, 3.63) is 29.6 Å². The molecule has 2 aliphatic heterocycles. The Kier molecular flexibility index (Phi) is 6.04. The van der Waals surface area contributed by atoms with Gasteiger partial charge in [-0.05, 0) is 56.8 Å². The van der Waals surface area contributed by atoms with Crippen molar-refractivity contribution >= 4 is 5.91 Å². The van der Waals surface area contributed by atoms with Gasteiger partial charge in [-0.25, -0.2) is 0 Å². The molecule has 1 spiro atoms. The molecule has 0 aromatic carbocycles. The van der Waals surface area contributed by atoms with E-state index in [1.807, 2.05) is 13.0 Å². The van der Waals surface area contributed by atoms with E-state index in [0.717, 1.165) is 56.9 Å². The van der Waals surface area contributed by atoms with Gasteiger partial charge < -0.3 is 14.8 Å². The number of hydrogen-bond donors (Lipinski definition) is 1. The lowest BCUT2D eigenvalue weighted by molar-refractivity contribution is -0.130. The minimum absolute atomic E-state index is 0.0521. The summed E-state index contributed by atoms with van der Waals surface area (Å²) in [6.07, 6.45) is 3.18. The lowest BCUT2D eigenvalue weighted by atomic mass is 9.69. The molecule has 0 saturated carbocycles. The van der Waals surface area contributed by atoms with E-state index in [1.54, 1.807) is 7.11 Å². The van der Waals surface area contributed by atoms with Crippen LogP contribution in [-0.4, -0.2) is 61.9 Å². The van der Waals surface area contributed by atoms with E-state index in [9.17, 15) is 4.79 Å². The maximum Gasteiger partial charge on any atom is 0.246 e. The third kappa shape index (κ3) is 4.57. The normalized spacial score (nSPS) is 23.5. The highest BCUT2D eigenvalue weighted by Crippen LogP contribution is 2.41. The molecule has 1 aromatic rings. The van der Waals surface area contributed by atoms with Crippen molar-refractivity contribution in [1.82, 2.24) is 15.2 Å². The summed E-state index contributed by atoms with van der Waals surface area (Å²) in [6, 6.07) is 6.29. The van der Waals surface area contributed by atoms with Gasteiger partial charge in [0.1, 0.15) is 6.61 Å². The molecule has 3 heterocycles. The summed E-state index contributed by atoms with van der Waals surface area (Å²) in [6.45, 7) is 6.50. The van der Waals surface area contributed by atoms with E-state index >= 15 is 0 Å². The standard InChI is InChI=1S/C19H29N3O3/c1-15-4-3-5-16(20-15)12-22-9-6-19(7-10-22)8-11-25-13-17(19)21-18(23)14-24-2/h3-5,17H,6-14H2,1-2H3,(H,21,23)/t17-/m1/s1. The SMILES string of the molecule is COCC(=O)N[C@@H]1COCCC12CCN(Cc1cccc(C)n1)CC2. The van der Waals surface area contributed by atoms with Crippen LogP contribution in [0.4, 0.5) is 0 Å². The first-order valence-corrected chi connectivity index (χ1v) is 9.12. The summed E-state index contributed by atoms with van der Waals surface area (Å²) in [7, 11) is 1.55. The summed E-state index contributed by atoms with van der Waals surface area (Å²) >= 11 is 0. The number of likely N-dealkylation sites (tertiary alicyclic amines) is 1. The predicted molar refractivity (Wildman–Crippen MR) is 95.2 cm³/mol. The van der Waals surface area contributed by atoms with Crippen LogP contribution in [0.15, 0.2) is 18.2 Å². The Bertz CT molecular complexity index is 585. The van der Waals surface area contributed by atoms with Crippen LogP contribution < -0.4 is 5.32 Å². The summed E-state index contributed by atoms with van der Waals surface area (Å²) in [5, 5.41) is 3.13. The number of ether oxygens (including phenoxy) is 2. The van der Waals surface area contributed by atoms with Gasteiger partial charge in [0.2, 0.25) is 5.91 Å². The molecule has 3 rings (SSSR count). The molecule has 6 nitrogen and oxygen atoms in total. The Labute approximate surface area is 149 Å². The number of carbonyl (C=O) groups excluding carboxylic acids is 1. The van der Waals surface area contributed by atoms with E-state index in [4.69, 9.17) is 9.47 Å². The minimum atomic E-state index is -0.0521. The van der Waals surface area contributed by atoms with Crippen molar-refractivity contribution in [3.63, 3.8) is 0 Å². The highest BCUT2D eigenvalue weighted by atomic mass is 16.5. The number of aromatic nitrogens is 1. The Morgan fingerprint density at radius 2 is 2.20 bits per heavy atom. The van der Waals surface area contributed by atoms with Crippen molar-refractivity contribution in [3.8, 4) is 0 Å². The van der Waals surface area contributed by atoms with Gasteiger partial charge in [-0.2, -0.15) is 0 Å². The predicted octanol–water partition coefficient (Wildman–Crippen LogP) is 1.52. The van der Waals surface area contributed by atoms with E-state index < -0.39 is 0 Å². The number of aryl methyl sites for hydroxylation is 1. The van der Waals surface area contributed by atoms with Crippen molar-refractivity contribution in [1.29, 1.82) is 0 Å². The first-order chi connectivity index (χ1) is 12.1. The third-order valence-electron chi connectivity index (χ3n) is 5.56. The van der Waals surface area contributed by atoms with Crippen molar-refractivity contribution in [2.24, 2.45) is 5.41 Å². The number of methoxy groups -OCH3 is 1. The first-order valence-electron chi connectivity index (χ1n) is 9.12. The number of carbonyl (C=O) groups is 1. The van der Waals surface area contributed by atoms with Crippen LogP contribution in [0.2, 0.25) is 0 Å². The largest absolute Gasteiger partial charge is 0.379 e. The Morgan fingerprint density at radius 3 is 2.92 bits per heavy atom. The van der Waals surface area contributed by atoms with Crippen LogP contribution in [-0.2, 0) is 20.8 Å². The molecular formula is C19H29N3O3. The molecule has 0 bridgehead atoms. The number of nitrogens with one attached hydrogen (secondary N) is 1. The van der Waals surface area contributed by atoms with Gasteiger partial charge in [0, 0.05) is 26.0 Å². The Balaban J connectivity index is 1.59. The minimum Gasteiger partial charge on any atom is -0.379 e. The molecule has 1 aromatic heterocycles. The fourth-order valence-corrected chi connectivity index (χ4v) is 4.06. The van der Waals surface area contributed by atoms with Gasteiger partial charge >= 0.3 is 0 Å². The molecular weight excluding hydrogens is 318 g/mol. The summed E-state index contributed by atoms with van der Waals surface area (Å²) in [5.74, 6) is -0.0521. The lowest BCUT2D eigenvalue weighted by Crippen LogP contribution is -2.57. The van der Waals surface area contributed by atoms with Gasteiger partial charge in [0.15, 0.2) is 0 Å². The van der Waals surface area contributed by atoms with Crippen LogP contribution in [0.5, 0.6) is 0 Å². The number of hydrogen-bond acceptors (Lipinski definition) is 5. The molecule has 0 unspecified atom stereocenters. The molecule has 0 radical (unpaired) electrons. The van der Waals surface area contributed by atoms with E-state index in [1.165, 1.54) is 0 Å². The maximum absolute atomic E-state index is 12.0. The molecule has 1 amide bonds. The van der Waals surface area contributed by atoms with E-state index in [-0.39, 0.29) is 24.0 Å². The molecule has 1 atom stereocenters. The zero-order valence-electron chi connectivity index (χ0n) is 15.3. The smallest absolute Gasteiger partial charge is 0.246 e. The topological polar surface area (TPSA) is 63.7 Å². The molecule has 2 aliphatic rings. The second-order valence-electron chi connectivity index (χ2n) is 7.29. The van der Waals surface area contributed by atoms with Crippen molar-refractivity contribution < 1.29 is 14.3 Å². The van der Waals surface area contributed by atoms with Gasteiger partial charge in [-0.15, -0.1) is 0 Å². The number of rotatable bonds is 5. The van der Waals surface area contributed by atoms with Gasteiger partial charge in [-0.3, -0.25) is 14.7 Å². The monoisotopic (exact) mass is 347 g/mol. The van der Waals surface area contributed by atoms with Crippen molar-refractivity contribution in [2.45, 2.75) is 38.8 Å². The zero-order chi connectivity index (χ0) is 17.7. The fraction of sp³-hybridized carbons (Fsp3) is 0.684. The highest BCUT2D eigenvalue weighted by molar-refractivity contribution is 5.77. The van der Waals surface area contributed by atoms with Crippen LogP contribution in [0.1, 0.15) is 30.7 Å². The second-order valence-corrected chi connectivity index (χ2v) is 7.29. The second kappa shape index (κ2) is 8.25. The van der Waals surface area contributed by atoms with Crippen LogP contribution in [0.25, 0.3) is 0 Å². The van der Waals surface area contributed by atoms with E-state index in [0.29, 0.717) is 6.61 Å². The Hall–Kier alpha value is -1.50. The number of piperidine rings is 1. The van der Waals surface area contributed by atoms with Crippen LogP contribution in [0, 0.1) is 12.3 Å². The summed E-state index contributed by atoms with van der Waals surface area (Å²) in [5.41, 5.74) is 2.35. The lowest BCUT2D eigenvalue weighted by Gasteiger charge is -2.49. The first kappa shape index (κ1) is 18.3. The fourth-order valence-electron chi connectivity index (χ4n) is 4.06. The molecule has 0 aliphatic carbocycles. The quantitative estimate of drug-likeness (QED) is 0.875. The maximum atomic E-state index is 12.0. The molecule has 6 heteroatoms. The number of amides is 1. The van der Waals surface area contributed by atoms with Gasteiger partial charge in [-0.1, -0.05) is 6.07 Å². The average Bonchev–Trinajstić information content (AvgIpc) is 2.59. The Morgan fingerprint density at radius 1 is 1.40 bits per heavy atom. The zero-order valence-corrected chi connectivity index (χ0v) is 15.3. The molecule has 25 heavy (non-hydrogen) atoms. The molecule has 1 N–H and O–H groups in total. The van der Waals surface area contributed by atoms with Crippen LogP contribution >= 0.6 is 0 Å². The number of pyridine rings is 1. The van der Waals surface area contributed by atoms with Gasteiger partial charge in [0.25, 0.3) is 0 Å². The van der Waals surface area contributed by atoms with Crippen molar-refractivity contribution in [2.75, 3.05) is 40.0 Å². The average molecular weight is 347 g/mol. The third-order valence-corrected chi connectivity index (χ3v) is 5.56. The molecule has 2 fully saturated rings. The van der Waals surface area contributed by atoms with Crippen LogP contribution in [0.3, 0.4) is 0 Å².